The summed E-state index contributed by atoms with van der Waals surface area (Å²) < 4.78 is 1.17. The molecule has 0 saturated carbocycles. The number of rotatable bonds is 3. The Kier molecular flexibility index (Phi) is 4.11. The molecule has 2 aromatic rings. The molecule has 0 aliphatic heterocycles. The van der Waals surface area contributed by atoms with Crippen molar-refractivity contribution in [1.82, 2.24) is 0 Å². The summed E-state index contributed by atoms with van der Waals surface area (Å²) in [6.45, 7) is 3.14. The molecule has 20 heavy (non-hydrogen) atoms. The third-order valence-corrected chi connectivity index (χ3v) is 5.07. The topological polar surface area (TPSA) is 12.0 Å². The second-order valence-electron chi connectivity index (χ2n) is 5.63. The van der Waals surface area contributed by atoms with Crippen molar-refractivity contribution in [2.45, 2.75) is 32.1 Å². The molecule has 0 spiro atoms. The summed E-state index contributed by atoms with van der Waals surface area (Å²) in [4.78, 5) is 0. The number of benzene rings is 2. The zero-order valence-corrected chi connectivity index (χ0v) is 13.4. The first-order valence-electron chi connectivity index (χ1n) is 7.32. The van der Waals surface area contributed by atoms with Crippen molar-refractivity contribution in [3.63, 3.8) is 0 Å². The van der Waals surface area contributed by atoms with Gasteiger partial charge in [0.1, 0.15) is 0 Å². The lowest BCUT2D eigenvalue weighted by Gasteiger charge is -2.26. The van der Waals surface area contributed by atoms with Crippen LogP contribution in [0.15, 0.2) is 46.9 Å². The molecule has 0 fully saturated rings. The molecule has 1 nitrogen and oxygen atoms in total. The quantitative estimate of drug-likeness (QED) is 0.806. The van der Waals surface area contributed by atoms with E-state index in [-0.39, 0.29) is 0 Å². The highest BCUT2D eigenvalue weighted by atomic mass is 79.9. The largest absolute Gasteiger partial charge is 0.384 e. The molecule has 104 valence electrons. The number of fused-ring (bicyclic) bond motifs is 1. The fourth-order valence-corrected chi connectivity index (χ4v) is 3.39. The van der Waals surface area contributed by atoms with Crippen LogP contribution in [0.2, 0.25) is 0 Å². The number of anilines is 1. The first kappa shape index (κ1) is 13.7. The SMILES string of the molecule is Cc1ccc(NCC2CCCc3ccccc32)cc1Br. The van der Waals surface area contributed by atoms with Crippen LogP contribution in [0, 0.1) is 6.92 Å². The fourth-order valence-electron chi connectivity index (χ4n) is 3.01. The minimum Gasteiger partial charge on any atom is -0.384 e. The van der Waals surface area contributed by atoms with E-state index < -0.39 is 0 Å². The van der Waals surface area contributed by atoms with Crippen LogP contribution in [0.3, 0.4) is 0 Å². The minimum atomic E-state index is 0.639. The molecule has 1 unspecified atom stereocenters. The number of hydrogen-bond acceptors (Lipinski definition) is 1. The molecule has 0 heterocycles. The number of nitrogens with one attached hydrogen (secondary N) is 1. The van der Waals surface area contributed by atoms with Gasteiger partial charge in [-0.15, -0.1) is 0 Å². The van der Waals surface area contributed by atoms with Crippen molar-refractivity contribution < 1.29 is 0 Å². The Hall–Kier alpha value is -1.28. The molecule has 0 aromatic heterocycles. The summed E-state index contributed by atoms with van der Waals surface area (Å²) in [7, 11) is 0. The van der Waals surface area contributed by atoms with E-state index in [9.17, 15) is 0 Å². The zero-order chi connectivity index (χ0) is 13.9. The van der Waals surface area contributed by atoms with Crippen LogP contribution in [0.25, 0.3) is 0 Å². The maximum Gasteiger partial charge on any atom is 0.0351 e. The van der Waals surface area contributed by atoms with Crippen molar-refractivity contribution in [2.75, 3.05) is 11.9 Å². The van der Waals surface area contributed by atoms with Gasteiger partial charge in [-0.25, -0.2) is 0 Å². The van der Waals surface area contributed by atoms with Gasteiger partial charge in [0.2, 0.25) is 0 Å². The van der Waals surface area contributed by atoms with Gasteiger partial charge in [0, 0.05) is 22.6 Å². The van der Waals surface area contributed by atoms with E-state index in [4.69, 9.17) is 0 Å². The maximum atomic E-state index is 3.60. The Morgan fingerprint density at radius 2 is 2.05 bits per heavy atom. The van der Waals surface area contributed by atoms with Crippen molar-refractivity contribution in [3.8, 4) is 0 Å². The molecule has 3 rings (SSSR count). The summed E-state index contributed by atoms with van der Waals surface area (Å²) >= 11 is 3.60. The summed E-state index contributed by atoms with van der Waals surface area (Å²) in [5, 5.41) is 3.59. The summed E-state index contributed by atoms with van der Waals surface area (Å²) in [5.74, 6) is 0.639. The molecule has 1 atom stereocenters. The van der Waals surface area contributed by atoms with Gasteiger partial charge < -0.3 is 5.32 Å². The Bertz CT molecular complexity index is 606. The fraction of sp³-hybridized carbons (Fsp3) is 0.333. The predicted octanol–water partition coefficient (Wildman–Crippen LogP) is 5.29. The number of aryl methyl sites for hydroxylation is 2. The standard InChI is InChI=1S/C18H20BrN/c1-13-9-10-16(11-18(13)19)20-12-15-7-4-6-14-5-2-3-8-17(14)15/h2-3,5,8-11,15,20H,4,6-7,12H2,1H3. The van der Waals surface area contributed by atoms with Gasteiger partial charge in [-0.1, -0.05) is 46.3 Å². The van der Waals surface area contributed by atoms with Gasteiger partial charge in [-0.3, -0.25) is 0 Å². The highest BCUT2D eigenvalue weighted by Crippen LogP contribution is 2.31. The summed E-state index contributed by atoms with van der Waals surface area (Å²) in [5.41, 5.74) is 5.55. The average molecular weight is 330 g/mol. The normalized spacial score (nSPS) is 17.6. The first-order valence-corrected chi connectivity index (χ1v) is 8.11. The summed E-state index contributed by atoms with van der Waals surface area (Å²) in [6, 6.07) is 15.4. The highest BCUT2D eigenvalue weighted by molar-refractivity contribution is 9.10. The van der Waals surface area contributed by atoms with Gasteiger partial charge >= 0.3 is 0 Å². The molecule has 0 amide bonds. The van der Waals surface area contributed by atoms with Crippen LogP contribution >= 0.6 is 15.9 Å². The molecule has 0 saturated heterocycles. The van der Waals surface area contributed by atoms with E-state index in [0.717, 1.165) is 6.54 Å². The molecular formula is C18H20BrN. The second-order valence-corrected chi connectivity index (χ2v) is 6.49. The van der Waals surface area contributed by atoms with Crippen LogP contribution < -0.4 is 5.32 Å². The molecule has 0 radical (unpaired) electrons. The van der Waals surface area contributed by atoms with E-state index in [1.807, 2.05) is 0 Å². The molecule has 1 aliphatic carbocycles. The van der Waals surface area contributed by atoms with E-state index >= 15 is 0 Å². The monoisotopic (exact) mass is 329 g/mol. The third kappa shape index (κ3) is 2.90. The number of hydrogen-bond donors (Lipinski definition) is 1. The van der Waals surface area contributed by atoms with Crippen LogP contribution in [0.5, 0.6) is 0 Å². The lowest BCUT2D eigenvalue weighted by atomic mass is 9.83. The third-order valence-electron chi connectivity index (χ3n) is 4.22. The van der Waals surface area contributed by atoms with Crippen molar-refractivity contribution >= 4 is 21.6 Å². The second kappa shape index (κ2) is 6.01. The van der Waals surface area contributed by atoms with Crippen LogP contribution in [0.1, 0.15) is 35.4 Å². The number of halogens is 1. The van der Waals surface area contributed by atoms with Crippen molar-refractivity contribution in [3.05, 3.63) is 63.6 Å². The van der Waals surface area contributed by atoms with Gasteiger partial charge in [-0.05, 0) is 55.0 Å². The van der Waals surface area contributed by atoms with Crippen LogP contribution in [0.4, 0.5) is 5.69 Å². The lowest BCUT2D eigenvalue weighted by molar-refractivity contribution is 0.572. The van der Waals surface area contributed by atoms with Crippen LogP contribution in [-0.2, 0) is 6.42 Å². The Morgan fingerprint density at radius 3 is 2.90 bits per heavy atom. The van der Waals surface area contributed by atoms with Gasteiger partial charge in [0.15, 0.2) is 0 Å². The lowest BCUT2D eigenvalue weighted by Crippen LogP contribution is -2.18. The molecule has 2 heteroatoms. The molecule has 1 aliphatic rings. The van der Waals surface area contributed by atoms with Gasteiger partial charge in [0.05, 0.1) is 0 Å². The van der Waals surface area contributed by atoms with E-state index in [1.165, 1.54) is 46.1 Å². The van der Waals surface area contributed by atoms with E-state index in [0.29, 0.717) is 5.92 Å². The highest BCUT2D eigenvalue weighted by Gasteiger charge is 2.19. The Balaban J connectivity index is 1.71. The molecular weight excluding hydrogens is 310 g/mol. The van der Waals surface area contributed by atoms with E-state index in [2.05, 4.69) is 70.6 Å². The molecule has 1 N–H and O–H groups in total. The van der Waals surface area contributed by atoms with Crippen molar-refractivity contribution in [2.24, 2.45) is 0 Å². The van der Waals surface area contributed by atoms with Gasteiger partial charge in [-0.2, -0.15) is 0 Å². The smallest absolute Gasteiger partial charge is 0.0351 e. The van der Waals surface area contributed by atoms with Gasteiger partial charge in [0.25, 0.3) is 0 Å². The van der Waals surface area contributed by atoms with Crippen molar-refractivity contribution in [1.29, 1.82) is 0 Å². The zero-order valence-electron chi connectivity index (χ0n) is 11.8. The Morgan fingerprint density at radius 1 is 1.20 bits per heavy atom. The Labute approximate surface area is 129 Å². The first-order chi connectivity index (χ1) is 9.74. The molecule has 0 bridgehead atoms. The summed E-state index contributed by atoms with van der Waals surface area (Å²) in [6.07, 6.45) is 3.83. The minimum absolute atomic E-state index is 0.639. The van der Waals surface area contributed by atoms with E-state index in [1.54, 1.807) is 0 Å². The van der Waals surface area contributed by atoms with Crippen LogP contribution in [-0.4, -0.2) is 6.54 Å². The predicted molar refractivity (Wildman–Crippen MR) is 89.5 cm³/mol. The maximum absolute atomic E-state index is 3.60. The average Bonchev–Trinajstić information content (AvgIpc) is 2.48. The molecule has 2 aromatic carbocycles.